The Morgan fingerprint density at radius 1 is 1.08 bits per heavy atom. The van der Waals surface area contributed by atoms with Crippen LogP contribution in [0.3, 0.4) is 0 Å². The van der Waals surface area contributed by atoms with Crippen LogP contribution in [0.1, 0.15) is 26.3 Å². The third kappa shape index (κ3) is 5.94. The lowest BCUT2D eigenvalue weighted by Gasteiger charge is -2.24. The average molecular weight is 441 g/mol. The highest BCUT2D eigenvalue weighted by atomic mass is 127. The summed E-state index contributed by atoms with van der Waals surface area (Å²) in [7, 11) is 1.72. The summed E-state index contributed by atoms with van der Waals surface area (Å²) in [6, 6.07) is 14.8. The van der Waals surface area contributed by atoms with Gasteiger partial charge in [-0.05, 0) is 37.1 Å². The number of fused-ring (bicyclic) bond motifs is 1. The second kappa shape index (κ2) is 9.84. The zero-order chi connectivity index (χ0) is 16.7. The predicted molar refractivity (Wildman–Crippen MR) is 113 cm³/mol. The Kier molecular flexibility index (Phi) is 8.48. The summed E-state index contributed by atoms with van der Waals surface area (Å²) in [5.41, 5.74) is 1.00. The smallest absolute Gasteiger partial charge is 0.191 e. The molecule has 0 saturated carbocycles. The number of methoxy groups -OCH3 is 1. The number of halogens is 1. The fourth-order valence-electron chi connectivity index (χ4n) is 2.31. The largest absolute Gasteiger partial charge is 0.377 e. The summed E-state index contributed by atoms with van der Waals surface area (Å²) in [5.74, 6) is 0.811. The molecule has 2 rings (SSSR count). The van der Waals surface area contributed by atoms with E-state index in [1.54, 1.807) is 7.11 Å². The summed E-state index contributed by atoms with van der Waals surface area (Å²) < 4.78 is 5.44. The van der Waals surface area contributed by atoms with Crippen LogP contribution < -0.4 is 10.6 Å². The fraction of sp³-hybridized carbons (Fsp3) is 0.421. The average Bonchev–Trinajstić information content (AvgIpc) is 2.57. The predicted octanol–water partition coefficient (Wildman–Crippen LogP) is 3.94. The summed E-state index contributed by atoms with van der Waals surface area (Å²) in [6.07, 6.45) is 0. The molecule has 0 unspecified atom stereocenters. The van der Waals surface area contributed by atoms with Crippen molar-refractivity contribution in [3.8, 4) is 0 Å². The first kappa shape index (κ1) is 20.7. The van der Waals surface area contributed by atoms with Gasteiger partial charge in [-0.15, -0.1) is 24.0 Å². The Morgan fingerprint density at radius 3 is 2.50 bits per heavy atom. The molecule has 0 aliphatic heterocycles. The Morgan fingerprint density at radius 2 is 1.79 bits per heavy atom. The van der Waals surface area contributed by atoms with Crippen molar-refractivity contribution in [2.75, 3.05) is 20.2 Å². The lowest BCUT2D eigenvalue weighted by molar-refractivity contribution is 0.0268. The van der Waals surface area contributed by atoms with Gasteiger partial charge in [0.2, 0.25) is 0 Å². The normalized spacial score (nSPS) is 11.9. The van der Waals surface area contributed by atoms with Crippen molar-refractivity contribution >= 4 is 40.7 Å². The van der Waals surface area contributed by atoms with E-state index in [0.717, 1.165) is 12.5 Å². The molecule has 0 aromatic heterocycles. The molecule has 0 amide bonds. The van der Waals surface area contributed by atoms with E-state index in [0.29, 0.717) is 13.1 Å². The minimum absolute atomic E-state index is 0. The zero-order valence-electron chi connectivity index (χ0n) is 14.9. The van der Waals surface area contributed by atoms with E-state index in [-0.39, 0.29) is 29.6 Å². The van der Waals surface area contributed by atoms with Crippen molar-refractivity contribution in [3.05, 3.63) is 48.0 Å². The molecule has 0 atom stereocenters. The van der Waals surface area contributed by atoms with Gasteiger partial charge < -0.3 is 15.4 Å². The van der Waals surface area contributed by atoms with Crippen molar-refractivity contribution < 1.29 is 4.74 Å². The first-order valence-electron chi connectivity index (χ1n) is 8.09. The van der Waals surface area contributed by atoms with Gasteiger partial charge in [0.1, 0.15) is 0 Å². The van der Waals surface area contributed by atoms with E-state index in [1.807, 2.05) is 13.8 Å². The summed E-state index contributed by atoms with van der Waals surface area (Å²) in [6.45, 7) is 8.34. The van der Waals surface area contributed by atoms with Crippen molar-refractivity contribution in [2.45, 2.75) is 32.9 Å². The summed E-state index contributed by atoms with van der Waals surface area (Å²) in [5, 5.41) is 9.13. The van der Waals surface area contributed by atoms with Crippen LogP contribution in [0.5, 0.6) is 0 Å². The van der Waals surface area contributed by atoms with Crippen LogP contribution in [0.25, 0.3) is 10.8 Å². The van der Waals surface area contributed by atoms with Crippen LogP contribution in [0.2, 0.25) is 0 Å². The van der Waals surface area contributed by atoms with E-state index >= 15 is 0 Å². The van der Waals surface area contributed by atoms with Gasteiger partial charge in [0.05, 0.1) is 12.1 Å². The molecule has 2 aromatic carbocycles. The molecule has 0 heterocycles. The van der Waals surface area contributed by atoms with Gasteiger partial charge in [-0.3, -0.25) is 0 Å². The van der Waals surface area contributed by atoms with Crippen LogP contribution >= 0.6 is 24.0 Å². The van der Waals surface area contributed by atoms with Crippen molar-refractivity contribution in [1.82, 2.24) is 10.6 Å². The molecule has 0 radical (unpaired) electrons. The van der Waals surface area contributed by atoms with E-state index in [9.17, 15) is 0 Å². The van der Waals surface area contributed by atoms with Gasteiger partial charge in [-0.1, -0.05) is 42.5 Å². The minimum Gasteiger partial charge on any atom is -0.377 e. The number of hydrogen-bond donors (Lipinski definition) is 2. The number of rotatable bonds is 6. The van der Waals surface area contributed by atoms with Crippen LogP contribution in [0.15, 0.2) is 47.5 Å². The number of guanidine groups is 1. The van der Waals surface area contributed by atoms with Crippen LogP contribution in [0.4, 0.5) is 0 Å². The van der Waals surface area contributed by atoms with Gasteiger partial charge >= 0.3 is 0 Å². The SMILES string of the molecule is CCNC(=NCc1cccc2ccccc12)NCC(C)(C)OC.I. The fourth-order valence-corrected chi connectivity index (χ4v) is 2.31. The number of ether oxygens (including phenoxy) is 1. The second-order valence-corrected chi connectivity index (χ2v) is 6.15. The van der Waals surface area contributed by atoms with Crippen molar-refractivity contribution in [1.29, 1.82) is 0 Å². The zero-order valence-corrected chi connectivity index (χ0v) is 17.3. The van der Waals surface area contributed by atoms with Gasteiger partial charge in [0.25, 0.3) is 0 Å². The van der Waals surface area contributed by atoms with E-state index in [1.165, 1.54) is 16.3 Å². The molecule has 2 aromatic rings. The molecule has 132 valence electrons. The van der Waals surface area contributed by atoms with E-state index in [4.69, 9.17) is 9.73 Å². The highest BCUT2D eigenvalue weighted by Gasteiger charge is 2.16. The number of hydrogen-bond acceptors (Lipinski definition) is 2. The van der Waals surface area contributed by atoms with Crippen LogP contribution in [-0.2, 0) is 11.3 Å². The number of benzene rings is 2. The number of aliphatic imine (C=N–C) groups is 1. The van der Waals surface area contributed by atoms with Crippen LogP contribution in [0, 0.1) is 0 Å². The van der Waals surface area contributed by atoms with Crippen molar-refractivity contribution in [2.24, 2.45) is 4.99 Å². The van der Waals surface area contributed by atoms with Crippen molar-refractivity contribution in [3.63, 3.8) is 0 Å². The van der Waals surface area contributed by atoms with Crippen LogP contribution in [-0.4, -0.2) is 31.8 Å². The minimum atomic E-state index is -0.227. The Labute approximate surface area is 162 Å². The lowest BCUT2D eigenvalue weighted by Crippen LogP contribution is -2.45. The maximum Gasteiger partial charge on any atom is 0.191 e. The maximum absolute atomic E-state index is 5.44. The highest BCUT2D eigenvalue weighted by Crippen LogP contribution is 2.19. The van der Waals surface area contributed by atoms with Gasteiger partial charge in [0, 0.05) is 20.2 Å². The lowest BCUT2D eigenvalue weighted by atomic mass is 10.1. The molecule has 4 nitrogen and oxygen atoms in total. The molecule has 2 N–H and O–H groups in total. The van der Waals surface area contributed by atoms with Gasteiger partial charge in [0.15, 0.2) is 5.96 Å². The molecular formula is C19H28IN3O. The maximum atomic E-state index is 5.44. The molecule has 0 aliphatic carbocycles. The molecule has 0 bridgehead atoms. The Hall–Kier alpha value is -1.34. The molecule has 0 saturated heterocycles. The highest BCUT2D eigenvalue weighted by molar-refractivity contribution is 14.0. The topological polar surface area (TPSA) is 45.7 Å². The standard InChI is InChI=1S/C19H27N3O.HI/c1-5-20-18(22-14-19(2,3)23-4)21-13-16-11-8-10-15-9-6-7-12-17(15)16;/h6-12H,5,13-14H2,1-4H3,(H2,20,21,22);1H. The number of nitrogens with zero attached hydrogens (tertiary/aromatic N) is 1. The molecule has 5 heteroatoms. The third-order valence-electron chi connectivity index (χ3n) is 3.87. The quantitative estimate of drug-likeness (QED) is 0.406. The first-order valence-corrected chi connectivity index (χ1v) is 8.09. The van der Waals surface area contributed by atoms with Gasteiger partial charge in [-0.25, -0.2) is 4.99 Å². The van der Waals surface area contributed by atoms with E-state index in [2.05, 4.69) is 60.0 Å². The summed E-state index contributed by atoms with van der Waals surface area (Å²) >= 11 is 0. The third-order valence-corrected chi connectivity index (χ3v) is 3.87. The Balaban J connectivity index is 0.00000288. The van der Waals surface area contributed by atoms with Gasteiger partial charge in [-0.2, -0.15) is 0 Å². The monoisotopic (exact) mass is 441 g/mol. The Bertz CT molecular complexity index is 665. The van der Waals surface area contributed by atoms with E-state index < -0.39 is 0 Å². The summed E-state index contributed by atoms with van der Waals surface area (Å²) in [4.78, 5) is 4.71. The molecule has 24 heavy (non-hydrogen) atoms. The number of nitrogens with one attached hydrogen (secondary N) is 2. The molecule has 0 spiro atoms. The first-order chi connectivity index (χ1) is 11.1. The molecular weight excluding hydrogens is 413 g/mol. The second-order valence-electron chi connectivity index (χ2n) is 6.15. The molecule has 0 aliphatic rings. The molecule has 0 fully saturated rings.